The number of aliphatic hydroxyl groups is 1. The van der Waals surface area contributed by atoms with E-state index in [2.05, 4.69) is 25.3 Å². The van der Waals surface area contributed by atoms with Crippen LogP contribution in [-0.4, -0.2) is 76.4 Å². The standard InChI is InChI=1S/C14H23N5O2S/c1-10-16-17-14(22-10)15-13(21)9-19-6-4-18(5-7-19)8-12(20)11-2-3-11/h11-12,20H,2-9H2,1H3,(H,15,17,21). The Bertz CT molecular complexity index is 511. The Balaban J connectivity index is 1.37. The summed E-state index contributed by atoms with van der Waals surface area (Å²) in [6.45, 7) is 6.57. The third-order valence-electron chi connectivity index (χ3n) is 4.22. The molecule has 1 aliphatic carbocycles. The fourth-order valence-corrected chi connectivity index (χ4v) is 3.34. The van der Waals surface area contributed by atoms with E-state index >= 15 is 0 Å². The summed E-state index contributed by atoms with van der Waals surface area (Å²) in [5, 5.41) is 22.0. The van der Waals surface area contributed by atoms with Gasteiger partial charge in [0.2, 0.25) is 11.0 Å². The molecule has 0 spiro atoms. The summed E-state index contributed by atoms with van der Waals surface area (Å²) in [6, 6.07) is 0. The van der Waals surface area contributed by atoms with Crippen LogP contribution in [0.15, 0.2) is 0 Å². The van der Waals surface area contributed by atoms with Crippen LogP contribution in [0.3, 0.4) is 0 Å². The summed E-state index contributed by atoms with van der Waals surface area (Å²) < 4.78 is 0. The van der Waals surface area contributed by atoms with Gasteiger partial charge in [-0.3, -0.25) is 19.9 Å². The molecule has 1 aromatic rings. The van der Waals surface area contributed by atoms with Crippen LogP contribution in [0.25, 0.3) is 0 Å². The number of anilines is 1. The number of carbonyl (C=O) groups excluding carboxylic acids is 1. The molecule has 0 aromatic carbocycles. The Kier molecular flexibility index (Phi) is 5.02. The van der Waals surface area contributed by atoms with Crippen molar-refractivity contribution in [1.29, 1.82) is 0 Å². The van der Waals surface area contributed by atoms with Crippen LogP contribution in [0.5, 0.6) is 0 Å². The monoisotopic (exact) mass is 325 g/mol. The van der Waals surface area contributed by atoms with Crippen LogP contribution in [0.2, 0.25) is 0 Å². The normalized spacial score (nSPS) is 21.7. The fourth-order valence-electron chi connectivity index (χ4n) is 2.73. The first-order chi connectivity index (χ1) is 10.6. The van der Waals surface area contributed by atoms with E-state index in [1.54, 1.807) is 0 Å². The average molecular weight is 325 g/mol. The van der Waals surface area contributed by atoms with Crippen molar-refractivity contribution in [2.45, 2.75) is 25.9 Å². The van der Waals surface area contributed by atoms with Crippen molar-refractivity contribution in [2.75, 3.05) is 44.6 Å². The zero-order valence-corrected chi connectivity index (χ0v) is 13.7. The smallest absolute Gasteiger partial charge is 0.240 e. The fraction of sp³-hybridized carbons (Fsp3) is 0.786. The lowest BCUT2D eigenvalue weighted by Gasteiger charge is -2.35. The van der Waals surface area contributed by atoms with Gasteiger partial charge in [0.1, 0.15) is 5.01 Å². The van der Waals surface area contributed by atoms with Crippen molar-refractivity contribution in [3.63, 3.8) is 0 Å². The Morgan fingerprint density at radius 2 is 2.00 bits per heavy atom. The molecule has 1 aliphatic heterocycles. The van der Waals surface area contributed by atoms with E-state index in [-0.39, 0.29) is 12.0 Å². The van der Waals surface area contributed by atoms with Gasteiger partial charge < -0.3 is 5.11 Å². The molecule has 1 atom stereocenters. The topological polar surface area (TPSA) is 81.6 Å². The SMILES string of the molecule is Cc1nnc(NC(=O)CN2CCN(CC(O)C3CC3)CC2)s1. The number of aliphatic hydroxyl groups excluding tert-OH is 1. The highest BCUT2D eigenvalue weighted by molar-refractivity contribution is 7.15. The molecule has 2 fully saturated rings. The van der Waals surface area contributed by atoms with Gasteiger partial charge in [-0.05, 0) is 25.7 Å². The number of piperazine rings is 1. The predicted octanol–water partition coefficient (Wildman–Crippen LogP) is 0.174. The van der Waals surface area contributed by atoms with Gasteiger partial charge in [-0.2, -0.15) is 0 Å². The zero-order chi connectivity index (χ0) is 15.5. The minimum Gasteiger partial charge on any atom is -0.392 e. The number of nitrogens with one attached hydrogen (secondary N) is 1. The molecule has 122 valence electrons. The number of aryl methyl sites for hydroxylation is 1. The Hall–Kier alpha value is -1.09. The molecule has 7 nitrogen and oxygen atoms in total. The van der Waals surface area contributed by atoms with Crippen LogP contribution in [0.1, 0.15) is 17.8 Å². The molecule has 1 aromatic heterocycles. The van der Waals surface area contributed by atoms with Gasteiger partial charge in [-0.1, -0.05) is 11.3 Å². The maximum atomic E-state index is 12.0. The number of rotatable bonds is 6. The van der Waals surface area contributed by atoms with Gasteiger partial charge in [0.15, 0.2) is 0 Å². The average Bonchev–Trinajstić information content (AvgIpc) is 3.25. The van der Waals surface area contributed by atoms with Crippen LogP contribution >= 0.6 is 11.3 Å². The molecule has 22 heavy (non-hydrogen) atoms. The van der Waals surface area contributed by atoms with Gasteiger partial charge in [-0.15, -0.1) is 10.2 Å². The van der Waals surface area contributed by atoms with Gasteiger partial charge in [0.05, 0.1) is 12.6 Å². The molecule has 1 saturated heterocycles. The zero-order valence-electron chi connectivity index (χ0n) is 12.9. The number of hydrogen-bond donors (Lipinski definition) is 2. The van der Waals surface area contributed by atoms with E-state index in [4.69, 9.17) is 0 Å². The number of aromatic nitrogens is 2. The van der Waals surface area contributed by atoms with Gasteiger partial charge in [0, 0.05) is 32.7 Å². The number of amides is 1. The van der Waals surface area contributed by atoms with Crippen LogP contribution < -0.4 is 5.32 Å². The largest absolute Gasteiger partial charge is 0.392 e. The second kappa shape index (κ2) is 6.99. The molecule has 1 saturated carbocycles. The maximum absolute atomic E-state index is 12.0. The van der Waals surface area contributed by atoms with Gasteiger partial charge in [-0.25, -0.2) is 0 Å². The lowest BCUT2D eigenvalue weighted by molar-refractivity contribution is -0.117. The summed E-state index contributed by atoms with van der Waals surface area (Å²) in [4.78, 5) is 16.4. The molecule has 8 heteroatoms. The van der Waals surface area contributed by atoms with Crippen molar-refractivity contribution < 1.29 is 9.90 Å². The second-order valence-corrected chi connectivity index (χ2v) is 7.34. The van der Waals surface area contributed by atoms with E-state index < -0.39 is 0 Å². The minimum absolute atomic E-state index is 0.0392. The minimum atomic E-state index is -0.171. The Morgan fingerprint density at radius 3 is 2.59 bits per heavy atom. The Labute approximate surface area is 134 Å². The molecule has 2 heterocycles. The molecule has 1 amide bonds. The Morgan fingerprint density at radius 1 is 1.32 bits per heavy atom. The lowest BCUT2D eigenvalue weighted by Crippen LogP contribution is -2.50. The van der Waals surface area contributed by atoms with Crippen molar-refractivity contribution in [3.8, 4) is 0 Å². The highest BCUT2D eigenvalue weighted by Gasteiger charge is 2.31. The first kappa shape index (κ1) is 15.8. The summed E-state index contributed by atoms with van der Waals surface area (Å²) in [7, 11) is 0. The van der Waals surface area contributed by atoms with Gasteiger partial charge >= 0.3 is 0 Å². The highest BCUT2D eigenvalue weighted by atomic mass is 32.1. The molecule has 0 bridgehead atoms. The molecule has 2 N–H and O–H groups in total. The van der Waals surface area contributed by atoms with Crippen molar-refractivity contribution in [2.24, 2.45) is 5.92 Å². The van der Waals surface area contributed by atoms with Crippen molar-refractivity contribution in [1.82, 2.24) is 20.0 Å². The molecular formula is C14H23N5O2S. The van der Waals surface area contributed by atoms with E-state index in [0.717, 1.165) is 37.7 Å². The van der Waals surface area contributed by atoms with Crippen LogP contribution in [0.4, 0.5) is 5.13 Å². The molecule has 2 aliphatic rings. The summed E-state index contributed by atoms with van der Waals surface area (Å²) in [5.41, 5.74) is 0. The molecule has 1 unspecified atom stereocenters. The van der Waals surface area contributed by atoms with E-state index in [1.165, 1.54) is 24.2 Å². The quantitative estimate of drug-likeness (QED) is 0.776. The molecule has 0 radical (unpaired) electrons. The maximum Gasteiger partial charge on any atom is 0.240 e. The summed E-state index contributed by atoms with van der Waals surface area (Å²) >= 11 is 1.39. The molecule has 3 rings (SSSR count). The van der Waals surface area contributed by atoms with Crippen molar-refractivity contribution >= 4 is 22.4 Å². The lowest BCUT2D eigenvalue weighted by atomic mass is 10.2. The third kappa shape index (κ3) is 4.45. The summed E-state index contributed by atoms with van der Waals surface area (Å²) in [6.07, 6.45) is 2.18. The highest BCUT2D eigenvalue weighted by Crippen LogP contribution is 2.32. The van der Waals surface area contributed by atoms with Gasteiger partial charge in [0.25, 0.3) is 0 Å². The first-order valence-electron chi connectivity index (χ1n) is 7.83. The predicted molar refractivity (Wildman–Crippen MR) is 84.9 cm³/mol. The number of carbonyl (C=O) groups is 1. The van der Waals surface area contributed by atoms with E-state index in [0.29, 0.717) is 17.6 Å². The summed E-state index contributed by atoms with van der Waals surface area (Å²) in [5.74, 6) is 0.488. The van der Waals surface area contributed by atoms with E-state index in [9.17, 15) is 9.90 Å². The third-order valence-corrected chi connectivity index (χ3v) is 4.97. The van der Waals surface area contributed by atoms with Crippen molar-refractivity contribution in [3.05, 3.63) is 5.01 Å². The van der Waals surface area contributed by atoms with Crippen LogP contribution in [-0.2, 0) is 4.79 Å². The number of nitrogens with zero attached hydrogens (tertiary/aromatic N) is 4. The van der Waals surface area contributed by atoms with Crippen LogP contribution in [0, 0.1) is 12.8 Å². The second-order valence-electron chi connectivity index (χ2n) is 6.16. The number of β-amino-alcohol motifs (C(OH)–C–C–N with tert-alkyl or cyclic N) is 1. The first-order valence-corrected chi connectivity index (χ1v) is 8.64. The van der Waals surface area contributed by atoms with E-state index in [1.807, 2.05) is 6.92 Å². The molecular weight excluding hydrogens is 302 g/mol. The number of hydrogen-bond acceptors (Lipinski definition) is 7.